The number of benzene rings is 4. The van der Waals surface area contributed by atoms with Crippen molar-refractivity contribution < 1.29 is 79.5 Å². The van der Waals surface area contributed by atoms with E-state index in [0.717, 1.165) is 46.6 Å². The summed E-state index contributed by atoms with van der Waals surface area (Å²) in [5, 5.41) is 34.8. The fourth-order valence-electron chi connectivity index (χ4n) is 2.92. The van der Waals surface area contributed by atoms with Gasteiger partial charge >= 0.3 is 17.9 Å². The third kappa shape index (κ3) is 24.2. The van der Waals surface area contributed by atoms with Crippen LogP contribution in [0.15, 0.2) is 146 Å². The van der Waals surface area contributed by atoms with Crippen LogP contribution in [-0.2, 0) is 19.2 Å². The molecule has 45 heavy (non-hydrogen) atoms. The quantitative estimate of drug-likeness (QED) is 0.189. The number of carboxylic acid groups (broad SMARTS) is 4. The first-order chi connectivity index (χ1) is 21.2. The van der Waals surface area contributed by atoms with Crippen LogP contribution in [0.1, 0.15) is 22.3 Å². The van der Waals surface area contributed by atoms with Gasteiger partial charge in [0, 0.05) is 58.2 Å². The molecular formula is C36H31O8Th-. The minimum Gasteiger partial charge on any atom is -0.545 e. The molecule has 8 nitrogen and oxygen atoms in total. The summed E-state index contributed by atoms with van der Waals surface area (Å²) in [5.74, 6) is -3.94. The molecule has 0 spiro atoms. The van der Waals surface area contributed by atoms with E-state index in [1.165, 1.54) is 6.08 Å². The molecule has 3 N–H and O–H groups in total. The van der Waals surface area contributed by atoms with Gasteiger partial charge in [0.25, 0.3) is 0 Å². The molecule has 0 saturated carbocycles. The second-order valence-electron chi connectivity index (χ2n) is 8.31. The summed E-state index contributed by atoms with van der Waals surface area (Å²) in [7, 11) is 0. The average molecular weight is 824 g/mol. The van der Waals surface area contributed by atoms with Gasteiger partial charge in [-0.05, 0) is 46.6 Å². The smallest absolute Gasteiger partial charge is 0.328 e. The molecule has 4 aromatic carbocycles. The van der Waals surface area contributed by atoms with E-state index in [2.05, 4.69) is 0 Å². The third-order valence-electron chi connectivity index (χ3n) is 4.87. The van der Waals surface area contributed by atoms with Gasteiger partial charge in [0.2, 0.25) is 0 Å². The molecule has 0 aliphatic carbocycles. The molecule has 9 heteroatoms. The molecule has 0 radical (unpaired) electrons. The maximum Gasteiger partial charge on any atom is 0.328 e. The summed E-state index contributed by atoms with van der Waals surface area (Å²) >= 11 is 0. The van der Waals surface area contributed by atoms with Gasteiger partial charge in [-0.25, -0.2) is 14.4 Å². The van der Waals surface area contributed by atoms with Gasteiger partial charge in [0.15, 0.2) is 0 Å². The Morgan fingerprint density at radius 3 is 0.778 bits per heavy atom. The van der Waals surface area contributed by atoms with Gasteiger partial charge < -0.3 is 25.2 Å². The predicted molar refractivity (Wildman–Crippen MR) is 170 cm³/mol. The van der Waals surface area contributed by atoms with Crippen LogP contribution in [0.4, 0.5) is 0 Å². The van der Waals surface area contributed by atoms with Gasteiger partial charge in [-0.15, -0.1) is 0 Å². The molecule has 0 saturated heterocycles. The van der Waals surface area contributed by atoms with Crippen LogP contribution >= 0.6 is 0 Å². The third-order valence-corrected chi connectivity index (χ3v) is 4.87. The standard InChI is InChI=1S/4C9H8O2.Th/c4*10-9(11)7-6-8-4-2-1-3-5-8;/h4*1-7H,(H,10,11);/p-1. The molecule has 0 unspecified atom stereocenters. The van der Waals surface area contributed by atoms with E-state index < -0.39 is 23.9 Å². The maximum atomic E-state index is 10.1. The van der Waals surface area contributed by atoms with Crippen LogP contribution in [0.25, 0.3) is 24.3 Å². The Morgan fingerprint density at radius 1 is 0.400 bits per heavy atom. The molecule has 4 aromatic rings. The van der Waals surface area contributed by atoms with Crippen molar-refractivity contribution in [1.82, 2.24) is 0 Å². The van der Waals surface area contributed by atoms with Crippen LogP contribution in [0, 0.1) is 39.9 Å². The van der Waals surface area contributed by atoms with Crippen LogP contribution in [0.2, 0.25) is 0 Å². The second kappa shape index (κ2) is 25.5. The van der Waals surface area contributed by atoms with E-state index in [4.69, 9.17) is 15.3 Å². The summed E-state index contributed by atoms with van der Waals surface area (Å²) in [6, 6.07) is 37.1. The van der Waals surface area contributed by atoms with Crippen molar-refractivity contribution in [1.29, 1.82) is 0 Å². The van der Waals surface area contributed by atoms with Crippen LogP contribution in [-0.4, -0.2) is 39.2 Å². The van der Waals surface area contributed by atoms with Gasteiger partial charge in [0.05, 0.1) is 5.97 Å². The van der Waals surface area contributed by atoms with E-state index in [1.807, 2.05) is 121 Å². The normalized spacial score (nSPS) is 9.96. The Bertz CT molecular complexity index is 1290. The van der Waals surface area contributed by atoms with Crippen LogP contribution in [0.5, 0.6) is 0 Å². The van der Waals surface area contributed by atoms with E-state index >= 15 is 0 Å². The van der Waals surface area contributed by atoms with Crippen molar-refractivity contribution in [3.63, 3.8) is 0 Å². The van der Waals surface area contributed by atoms with Crippen LogP contribution in [0.3, 0.4) is 0 Å². The monoisotopic (exact) mass is 823 g/mol. The maximum absolute atomic E-state index is 10.1. The second-order valence-corrected chi connectivity index (χ2v) is 8.31. The minimum absolute atomic E-state index is 0. The molecule has 0 aliphatic rings. The van der Waals surface area contributed by atoms with Crippen molar-refractivity contribution in [3.8, 4) is 0 Å². The molecular weight excluding hydrogens is 792 g/mol. The van der Waals surface area contributed by atoms with Crippen molar-refractivity contribution in [2.45, 2.75) is 0 Å². The van der Waals surface area contributed by atoms with E-state index in [-0.39, 0.29) is 39.9 Å². The molecule has 228 valence electrons. The minimum atomic E-state index is -1.17. The Hall–Kier alpha value is -4.96. The van der Waals surface area contributed by atoms with Gasteiger partial charge in [-0.2, -0.15) is 0 Å². The number of hydrogen-bond donors (Lipinski definition) is 3. The van der Waals surface area contributed by atoms with Crippen molar-refractivity contribution in [3.05, 3.63) is 168 Å². The number of carbonyl (C=O) groups is 4. The number of carboxylic acids is 4. The summed E-state index contributed by atoms with van der Waals surface area (Å²) in [4.78, 5) is 40.2. The van der Waals surface area contributed by atoms with Gasteiger partial charge in [-0.3, -0.25) is 0 Å². The Balaban J connectivity index is 0.000000569. The first kappa shape index (κ1) is 40.0. The largest absolute Gasteiger partial charge is 0.545 e. The first-order valence-electron chi connectivity index (χ1n) is 13.0. The zero-order valence-corrected chi connectivity index (χ0v) is 28.2. The van der Waals surface area contributed by atoms with Crippen molar-refractivity contribution in [2.24, 2.45) is 0 Å². The zero-order chi connectivity index (χ0) is 32.4. The van der Waals surface area contributed by atoms with E-state index in [9.17, 15) is 24.3 Å². The first-order valence-corrected chi connectivity index (χ1v) is 13.0. The van der Waals surface area contributed by atoms with Gasteiger partial charge in [-0.1, -0.05) is 127 Å². The molecule has 0 fully saturated rings. The molecule has 0 bridgehead atoms. The van der Waals surface area contributed by atoms with Gasteiger partial charge in [0.1, 0.15) is 0 Å². The Morgan fingerprint density at radius 2 is 0.600 bits per heavy atom. The summed E-state index contributed by atoms with van der Waals surface area (Å²) in [6.45, 7) is 0. The molecule has 0 heterocycles. The fraction of sp³-hybridized carbons (Fsp3) is 0. The number of rotatable bonds is 8. The number of carbonyl (C=O) groups excluding carboxylic acids is 1. The predicted octanol–water partition coefficient (Wildman–Crippen LogP) is 5.80. The number of aliphatic carboxylic acids is 4. The Kier molecular flexibility index (Phi) is 22.7. The molecule has 0 amide bonds. The average Bonchev–Trinajstić information content (AvgIpc) is 3.04. The fourth-order valence-corrected chi connectivity index (χ4v) is 2.92. The summed E-state index contributed by atoms with van der Waals surface area (Å²) in [6.07, 6.45) is 10.5. The topological polar surface area (TPSA) is 152 Å². The molecule has 0 aromatic heterocycles. The van der Waals surface area contributed by atoms with E-state index in [0.29, 0.717) is 0 Å². The van der Waals surface area contributed by atoms with E-state index in [1.54, 1.807) is 18.2 Å². The summed E-state index contributed by atoms with van der Waals surface area (Å²) < 4.78 is 0. The molecule has 4 rings (SSSR count). The SMILES string of the molecule is O=C(O)C=Cc1ccccc1.O=C(O)C=Cc1ccccc1.O=C(O)C=Cc1ccccc1.O=C([O-])C=Cc1ccccc1.[Th]. The van der Waals surface area contributed by atoms with Crippen LogP contribution < -0.4 is 5.11 Å². The van der Waals surface area contributed by atoms with Crippen molar-refractivity contribution in [2.75, 3.05) is 0 Å². The summed E-state index contributed by atoms with van der Waals surface area (Å²) in [5.41, 5.74) is 3.55. The Labute approximate surface area is 293 Å². The number of hydrogen-bond acceptors (Lipinski definition) is 5. The molecule has 0 atom stereocenters. The van der Waals surface area contributed by atoms with Crippen molar-refractivity contribution >= 4 is 48.2 Å². The molecule has 0 aliphatic heterocycles. The zero-order valence-electron chi connectivity index (χ0n) is 24.0.